The molecule has 0 aliphatic carbocycles. The van der Waals surface area contributed by atoms with Crippen LogP contribution in [-0.4, -0.2) is 36.4 Å². The largest absolute Gasteiger partial charge is 0.497 e. The number of ether oxygens (including phenoxy) is 2. The first-order chi connectivity index (χ1) is 12.0. The van der Waals surface area contributed by atoms with E-state index in [1.165, 1.54) is 18.7 Å². The number of nitrogens with one attached hydrogen (secondary N) is 1. The molecule has 0 radical (unpaired) electrons. The monoisotopic (exact) mass is 362 g/mol. The summed E-state index contributed by atoms with van der Waals surface area (Å²) >= 11 is 1.26. The molecule has 1 aromatic rings. The van der Waals surface area contributed by atoms with Crippen molar-refractivity contribution in [1.29, 1.82) is 0 Å². The molecular weight excluding hydrogens is 340 g/mol. The SMILES string of the molecule is CCOC(=O)CSC1=NC(c2ccc(OC)cc2)C(C(C)=O)=C(C)N1. The molecule has 0 amide bonds. The molecule has 0 spiro atoms. The fraction of sp³-hybridized carbons (Fsp3) is 0.389. The van der Waals surface area contributed by atoms with Gasteiger partial charge in [0.2, 0.25) is 0 Å². The lowest BCUT2D eigenvalue weighted by Crippen LogP contribution is -2.30. The molecule has 0 fully saturated rings. The second-order valence-corrected chi connectivity index (χ2v) is 6.39. The lowest BCUT2D eigenvalue weighted by molar-refractivity contribution is -0.139. The Morgan fingerprint density at radius 2 is 1.96 bits per heavy atom. The normalized spacial score (nSPS) is 16.8. The van der Waals surface area contributed by atoms with Crippen molar-refractivity contribution in [2.45, 2.75) is 26.8 Å². The number of carbonyl (C=O) groups is 2. The summed E-state index contributed by atoms with van der Waals surface area (Å²) in [5, 5.41) is 3.70. The van der Waals surface area contributed by atoms with E-state index >= 15 is 0 Å². The maximum Gasteiger partial charge on any atom is 0.316 e. The Morgan fingerprint density at radius 1 is 1.28 bits per heavy atom. The third-order valence-electron chi connectivity index (χ3n) is 3.66. The average molecular weight is 362 g/mol. The second-order valence-electron chi connectivity index (χ2n) is 5.42. The van der Waals surface area contributed by atoms with E-state index in [9.17, 15) is 9.59 Å². The highest BCUT2D eigenvalue weighted by atomic mass is 32.2. The van der Waals surface area contributed by atoms with Crippen molar-refractivity contribution in [2.24, 2.45) is 4.99 Å². The van der Waals surface area contributed by atoms with E-state index in [0.717, 1.165) is 17.0 Å². The first-order valence-corrected chi connectivity index (χ1v) is 8.93. The predicted octanol–water partition coefficient (Wildman–Crippen LogP) is 2.85. The van der Waals surface area contributed by atoms with Gasteiger partial charge < -0.3 is 14.8 Å². The minimum Gasteiger partial charge on any atom is -0.497 e. The molecule has 1 N–H and O–H groups in total. The van der Waals surface area contributed by atoms with Crippen LogP contribution in [0.4, 0.5) is 0 Å². The van der Waals surface area contributed by atoms with Gasteiger partial charge in [-0.3, -0.25) is 9.59 Å². The molecule has 0 aromatic heterocycles. The molecule has 1 aliphatic heterocycles. The van der Waals surface area contributed by atoms with Crippen molar-refractivity contribution >= 4 is 28.7 Å². The van der Waals surface area contributed by atoms with Gasteiger partial charge in [-0.2, -0.15) is 0 Å². The minimum absolute atomic E-state index is 0.0380. The molecule has 1 atom stereocenters. The summed E-state index contributed by atoms with van der Waals surface area (Å²) in [6.45, 7) is 5.49. The second kappa shape index (κ2) is 8.71. The van der Waals surface area contributed by atoms with Crippen molar-refractivity contribution in [3.63, 3.8) is 0 Å². The van der Waals surface area contributed by atoms with Crippen LogP contribution in [0.1, 0.15) is 32.4 Å². The van der Waals surface area contributed by atoms with Gasteiger partial charge in [0.25, 0.3) is 0 Å². The van der Waals surface area contributed by atoms with Gasteiger partial charge in [0, 0.05) is 11.3 Å². The quantitative estimate of drug-likeness (QED) is 0.784. The van der Waals surface area contributed by atoms with E-state index in [1.807, 2.05) is 31.2 Å². The summed E-state index contributed by atoms with van der Waals surface area (Å²) in [7, 11) is 1.60. The summed E-state index contributed by atoms with van der Waals surface area (Å²) in [5.74, 6) is 0.571. The third kappa shape index (κ3) is 4.85. The summed E-state index contributed by atoms with van der Waals surface area (Å²) in [4.78, 5) is 28.3. The number of hydrogen-bond donors (Lipinski definition) is 1. The van der Waals surface area contributed by atoms with Crippen LogP contribution in [0.5, 0.6) is 5.75 Å². The van der Waals surface area contributed by atoms with Crippen LogP contribution in [0.3, 0.4) is 0 Å². The van der Waals surface area contributed by atoms with Crippen LogP contribution >= 0.6 is 11.8 Å². The van der Waals surface area contributed by atoms with Crippen molar-refractivity contribution in [3.8, 4) is 5.75 Å². The number of aliphatic imine (C=N–C) groups is 1. The van der Waals surface area contributed by atoms with Crippen LogP contribution in [0.15, 0.2) is 40.5 Å². The van der Waals surface area contributed by atoms with Gasteiger partial charge in [0.05, 0.1) is 19.5 Å². The highest BCUT2D eigenvalue weighted by Crippen LogP contribution is 2.33. The molecule has 7 heteroatoms. The Balaban J connectivity index is 2.27. The third-order valence-corrected chi connectivity index (χ3v) is 4.52. The number of benzene rings is 1. The van der Waals surface area contributed by atoms with E-state index in [-0.39, 0.29) is 17.5 Å². The number of allylic oxidation sites excluding steroid dienone is 1. The minimum atomic E-state index is -0.408. The molecule has 25 heavy (non-hydrogen) atoms. The molecule has 6 nitrogen and oxygen atoms in total. The van der Waals surface area contributed by atoms with Crippen molar-refractivity contribution in [2.75, 3.05) is 19.5 Å². The van der Waals surface area contributed by atoms with E-state index < -0.39 is 6.04 Å². The first-order valence-electron chi connectivity index (χ1n) is 7.95. The van der Waals surface area contributed by atoms with Gasteiger partial charge in [-0.1, -0.05) is 23.9 Å². The Morgan fingerprint density at radius 3 is 2.52 bits per heavy atom. The number of rotatable bonds is 6. The number of carbonyl (C=O) groups excluding carboxylic acids is 2. The highest BCUT2D eigenvalue weighted by Gasteiger charge is 2.27. The zero-order valence-electron chi connectivity index (χ0n) is 14.8. The van der Waals surface area contributed by atoms with Crippen LogP contribution < -0.4 is 10.1 Å². The van der Waals surface area contributed by atoms with Gasteiger partial charge >= 0.3 is 5.97 Å². The number of amidine groups is 1. The number of nitrogens with zero attached hydrogens (tertiary/aromatic N) is 1. The molecule has 0 saturated heterocycles. The maximum absolute atomic E-state index is 12.1. The Kier molecular flexibility index (Phi) is 6.64. The molecule has 1 unspecified atom stereocenters. The average Bonchev–Trinajstić information content (AvgIpc) is 2.59. The lowest BCUT2D eigenvalue weighted by Gasteiger charge is -2.25. The number of hydrogen-bond acceptors (Lipinski definition) is 7. The summed E-state index contributed by atoms with van der Waals surface area (Å²) in [6, 6.07) is 7.05. The fourth-order valence-electron chi connectivity index (χ4n) is 2.53. The van der Waals surface area contributed by atoms with Crippen LogP contribution in [0, 0.1) is 0 Å². The summed E-state index contributed by atoms with van der Waals surface area (Å²) in [5.41, 5.74) is 2.25. The number of methoxy groups -OCH3 is 1. The molecular formula is C18H22N2O4S. The fourth-order valence-corrected chi connectivity index (χ4v) is 3.28. The molecule has 0 bridgehead atoms. The van der Waals surface area contributed by atoms with E-state index in [0.29, 0.717) is 17.3 Å². The topological polar surface area (TPSA) is 77.0 Å². The van der Waals surface area contributed by atoms with Crippen molar-refractivity contribution < 1.29 is 19.1 Å². The zero-order chi connectivity index (χ0) is 18.4. The van der Waals surface area contributed by atoms with E-state index in [2.05, 4.69) is 10.3 Å². The summed E-state index contributed by atoms with van der Waals surface area (Å²) < 4.78 is 10.1. The van der Waals surface area contributed by atoms with Crippen molar-refractivity contribution in [1.82, 2.24) is 5.32 Å². The highest BCUT2D eigenvalue weighted by molar-refractivity contribution is 8.14. The number of Topliss-reactive ketones (excluding diaryl/α,β-unsaturated/α-hetero) is 1. The molecule has 0 saturated carbocycles. The van der Waals surface area contributed by atoms with Gasteiger partial charge in [-0.15, -0.1) is 0 Å². The van der Waals surface area contributed by atoms with Crippen LogP contribution in [-0.2, 0) is 14.3 Å². The van der Waals surface area contributed by atoms with Crippen LogP contribution in [0.2, 0.25) is 0 Å². The molecule has 1 aliphatic rings. The molecule has 2 rings (SSSR count). The number of thioether (sulfide) groups is 1. The van der Waals surface area contributed by atoms with Crippen LogP contribution in [0.25, 0.3) is 0 Å². The van der Waals surface area contributed by atoms with Gasteiger partial charge in [-0.05, 0) is 38.5 Å². The predicted molar refractivity (Wildman–Crippen MR) is 98.8 cm³/mol. The van der Waals surface area contributed by atoms with Gasteiger partial charge in [0.15, 0.2) is 11.0 Å². The van der Waals surface area contributed by atoms with Gasteiger partial charge in [0.1, 0.15) is 11.8 Å². The standard InChI is InChI=1S/C18H22N2O4S/c1-5-24-15(22)10-25-18-19-11(2)16(12(3)21)17(20-18)13-6-8-14(23-4)9-7-13/h6-9,17H,5,10H2,1-4H3,(H,19,20). The first kappa shape index (κ1) is 19.1. The Hall–Kier alpha value is -2.28. The Labute approximate surface area is 151 Å². The molecule has 134 valence electrons. The smallest absolute Gasteiger partial charge is 0.316 e. The summed E-state index contributed by atoms with van der Waals surface area (Å²) in [6.07, 6.45) is 0. The van der Waals surface area contributed by atoms with E-state index in [1.54, 1.807) is 14.0 Å². The zero-order valence-corrected chi connectivity index (χ0v) is 15.6. The molecule has 1 heterocycles. The molecule has 1 aromatic carbocycles. The number of ketones is 1. The van der Waals surface area contributed by atoms with Gasteiger partial charge in [-0.25, -0.2) is 4.99 Å². The van der Waals surface area contributed by atoms with E-state index in [4.69, 9.17) is 9.47 Å². The van der Waals surface area contributed by atoms with Crippen molar-refractivity contribution in [3.05, 3.63) is 41.1 Å². The Bertz CT molecular complexity index is 710. The lowest BCUT2D eigenvalue weighted by atomic mass is 9.94. The number of esters is 1. The maximum atomic E-state index is 12.1.